The maximum atomic E-state index is 11.7. The smallest absolute Gasteiger partial charge is 0.251 e. The molecule has 0 heterocycles. The molecule has 1 aromatic rings. The highest BCUT2D eigenvalue weighted by Crippen LogP contribution is 2.16. The summed E-state index contributed by atoms with van der Waals surface area (Å²) in [6.45, 7) is 2.57. The van der Waals surface area contributed by atoms with Crippen LogP contribution in [-0.2, 0) is 0 Å². The van der Waals surface area contributed by atoms with E-state index in [9.17, 15) is 4.79 Å². The largest absolute Gasteiger partial charge is 0.352 e. The van der Waals surface area contributed by atoms with E-state index in [0.717, 1.165) is 22.9 Å². The van der Waals surface area contributed by atoms with Gasteiger partial charge in [0.2, 0.25) is 0 Å². The number of hydrogen-bond acceptors (Lipinski definition) is 2. The molecule has 0 saturated heterocycles. The Labute approximate surface area is 110 Å². The van der Waals surface area contributed by atoms with E-state index in [1.54, 1.807) is 6.07 Å². The summed E-state index contributed by atoms with van der Waals surface area (Å²) in [4.78, 5) is 11.7. The van der Waals surface area contributed by atoms with Gasteiger partial charge in [0.25, 0.3) is 5.91 Å². The van der Waals surface area contributed by atoms with Gasteiger partial charge in [-0.05, 0) is 43.5 Å². The first-order valence-corrected chi connectivity index (χ1v) is 6.35. The standard InChI is InChI=1S/C13H15BrN2O/c1-10-9-11(5-6-12(10)14)13(17)16-8-4-2-3-7-15/h5-6,9H,2-4,8H2,1H3,(H,16,17). The first-order chi connectivity index (χ1) is 8.15. The molecule has 90 valence electrons. The van der Waals surface area contributed by atoms with Crippen molar-refractivity contribution in [3.8, 4) is 6.07 Å². The molecule has 0 atom stereocenters. The van der Waals surface area contributed by atoms with Crippen LogP contribution in [0.5, 0.6) is 0 Å². The number of carbonyl (C=O) groups excluding carboxylic acids is 1. The van der Waals surface area contributed by atoms with E-state index in [0.29, 0.717) is 18.5 Å². The summed E-state index contributed by atoms with van der Waals surface area (Å²) in [7, 11) is 0. The number of benzene rings is 1. The molecule has 0 aliphatic heterocycles. The minimum absolute atomic E-state index is 0.0578. The number of unbranched alkanes of at least 4 members (excludes halogenated alkanes) is 2. The SMILES string of the molecule is Cc1cc(C(=O)NCCCCC#N)ccc1Br. The fraction of sp³-hybridized carbons (Fsp3) is 0.385. The Bertz CT molecular complexity index is 438. The van der Waals surface area contributed by atoms with E-state index in [4.69, 9.17) is 5.26 Å². The van der Waals surface area contributed by atoms with Crippen molar-refractivity contribution in [2.24, 2.45) is 0 Å². The van der Waals surface area contributed by atoms with Gasteiger partial charge >= 0.3 is 0 Å². The van der Waals surface area contributed by atoms with E-state index >= 15 is 0 Å². The summed E-state index contributed by atoms with van der Waals surface area (Å²) in [6, 6.07) is 7.61. The van der Waals surface area contributed by atoms with Crippen molar-refractivity contribution in [3.63, 3.8) is 0 Å². The molecule has 1 rings (SSSR count). The lowest BCUT2D eigenvalue weighted by Crippen LogP contribution is -2.24. The van der Waals surface area contributed by atoms with Gasteiger partial charge < -0.3 is 5.32 Å². The van der Waals surface area contributed by atoms with Crippen molar-refractivity contribution < 1.29 is 4.79 Å². The maximum absolute atomic E-state index is 11.7. The number of halogens is 1. The summed E-state index contributed by atoms with van der Waals surface area (Å²) in [6.07, 6.45) is 2.22. The summed E-state index contributed by atoms with van der Waals surface area (Å²) in [5, 5.41) is 11.2. The van der Waals surface area contributed by atoms with Crippen molar-refractivity contribution in [2.75, 3.05) is 6.54 Å². The molecule has 0 fully saturated rings. The Balaban J connectivity index is 2.42. The highest BCUT2D eigenvalue weighted by molar-refractivity contribution is 9.10. The lowest BCUT2D eigenvalue weighted by atomic mass is 10.1. The van der Waals surface area contributed by atoms with Crippen LogP contribution in [0.4, 0.5) is 0 Å². The molecule has 0 aliphatic rings. The van der Waals surface area contributed by atoms with Crippen molar-refractivity contribution >= 4 is 21.8 Å². The second-order valence-corrected chi connectivity index (χ2v) is 4.69. The number of hydrogen-bond donors (Lipinski definition) is 1. The quantitative estimate of drug-likeness (QED) is 0.848. The van der Waals surface area contributed by atoms with Crippen LogP contribution < -0.4 is 5.32 Å². The number of nitrogens with one attached hydrogen (secondary N) is 1. The third kappa shape index (κ3) is 4.58. The first kappa shape index (κ1) is 13.7. The van der Waals surface area contributed by atoms with Gasteiger partial charge in [-0.25, -0.2) is 0 Å². The lowest BCUT2D eigenvalue weighted by molar-refractivity contribution is 0.0953. The summed E-state index contributed by atoms with van der Waals surface area (Å²) >= 11 is 3.40. The van der Waals surface area contributed by atoms with E-state index < -0.39 is 0 Å². The van der Waals surface area contributed by atoms with Gasteiger partial charge in [0, 0.05) is 23.0 Å². The summed E-state index contributed by atoms with van der Waals surface area (Å²) in [5.74, 6) is -0.0578. The minimum atomic E-state index is -0.0578. The topological polar surface area (TPSA) is 52.9 Å². The van der Waals surface area contributed by atoms with Crippen LogP contribution in [0.1, 0.15) is 35.2 Å². The predicted octanol–water partition coefficient (Wildman–Crippen LogP) is 3.18. The molecule has 0 unspecified atom stereocenters. The molecule has 0 radical (unpaired) electrons. The molecule has 0 aromatic heterocycles. The fourth-order valence-electron chi connectivity index (χ4n) is 1.42. The van der Waals surface area contributed by atoms with Crippen LogP contribution in [0, 0.1) is 18.3 Å². The van der Waals surface area contributed by atoms with Crippen molar-refractivity contribution in [3.05, 3.63) is 33.8 Å². The number of amides is 1. The average Bonchev–Trinajstić information content (AvgIpc) is 2.32. The summed E-state index contributed by atoms with van der Waals surface area (Å²) < 4.78 is 1.00. The Kier molecular flexibility index (Phi) is 5.71. The maximum Gasteiger partial charge on any atom is 0.251 e. The van der Waals surface area contributed by atoms with Crippen LogP contribution in [0.2, 0.25) is 0 Å². The molecule has 3 nitrogen and oxygen atoms in total. The summed E-state index contributed by atoms with van der Waals surface area (Å²) in [5.41, 5.74) is 1.72. The molecular formula is C13H15BrN2O. The highest BCUT2D eigenvalue weighted by Gasteiger charge is 2.05. The molecule has 0 saturated carbocycles. The molecule has 0 bridgehead atoms. The first-order valence-electron chi connectivity index (χ1n) is 5.56. The van der Waals surface area contributed by atoms with Gasteiger partial charge in [-0.1, -0.05) is 15.9 Å². The Hall–Kier alpha value is -1.34. The predicted molar refractivity (Wildman–Crippen MR) is 70.7 cm³/mol. The van der Waals surface area contributed by atoms with Crippen molar-refractivity contribution in [1.82, 2.24) is 5.32 Å². The van der Waals surface area contributed by atoms with Crippen molar-refractivity contribution in [1.29, 1.82) is 5.26 Å². The molecule has 17 heavy (non-hydrogen) atoms. The molecular weight excluding hydrogens is 280 g/mol. The molecule has 1 aromatic carbocycles. The molecule has 4 heteroatoms. The molecule has 0 spiro atoms. The van der Waals surface area contributed by atoms with E-state index in [2.05, 4.69) is 27.3 Å². The Morgan fingerprint density at radius 3 is 2.88 bits per heavy atom. The monoisotopic (exact) mass is 294 g/mol. The second kappa shape index (κ2) is 7.08. The number of nitriles is 1. The lowest BCUT2D eigenvalue weighted by Gasteiger charge is -2.06. The van der Waals surface area contributed by atoms with Crippen LogP contribution >= 0.6 is 15.9 Å². The van der Waals surface area contributed by atoms with Gasteiger partial charge in [0.05, 0.1) is 6.07 Å². The van der Waals surface area contributed by atoms with Crippen molar-refractivity contribution in [2.45, 2.75) is 26.2 Å². The zero-order valence-electron chi connectivity index (χ0n) is 9.79. The number of aryl methyl sites for hydroxylation is 1. The van der Waals surface area contributed by atoms with Gasteiger partial charge in [0.15, 0.2) is 0 Å². The number of carbonyl (C=O) groups is 1. The normalized spacial score (nSPS) is 9.71. The highest BCUT2D eigenvalue weighted by atomic mass is 79.9. The van der Waals surface area contributed by atoms with E-state index in [1.807, 2.05) is 19.1 Å². The third-order valence-corrected chi connectivity index (χ3v) is 3.31. The van der Waals surface area contributed by atoms with Crippen LogP contribution in [0.3, 0.4) is 0 Å². The van der Waals surface area contributed by atoms with E-state index in [-0.39, 0.29) is 5.91 Å². The van der Waals surface area contributed by atoms with Gasteiger partial charge in [0.1, 0.15) is 0 Å². The molecule has 1 N–H and O–H groups in total. The van der Waals surface area contributed by atoms with Gasteiger partial charge in [-0.15, -0.1) is 0 Å². The Morgan fingerprint density at radius 1 is 1.47 bits per heavy atom. The van der Waals surface area contributed by atoms with Gasteiger partial charge in [-0.2, -0.15) is 5.26 Å². The zero-order valence-corrected chi connectivity index (χ0v) is 11.4. The second-order valence-electron chi connectivity index (χ2n) is 3.84. The number of nitrogens with zero attached hydrogens (tertiary/aromatic N) is 1. The van der Waals surface area contributed by atoms with E-state index in [1.165, 1.54) is 0 Å². The molecule has 0 aliphatic carbocycles. The third-order valence-electron chi connectivity index (χ3n) is 2.42. The average molecular weight is 295 g/mol. The Morgan fingerprint density at radius 2 is 2.24 bits per heavy atom. The van der Waals surface area contributed by atoms with Crippen LogP contribution in [0.15, 0.2) is 22.7 Å². The zero-order chi connectivity index (χ0) is 12.7. The van der Waals surface area contributed by atoms with Crippen LogP contribution in [0.25, 0.3) is 0 Å². The number of rotatable bonds is 5. The van der Waals surface area contributed by atoms with Crippen LogP contribution in [-0.4, -0.2) is 12.5 Å². The molecule has 1 amide bonds. The fourth-order valence-corrected chi connectivity index (χ4v) is 1.67. The van der Waals surface area contributed by atoms with Gasteiger partial charge in [-0.3, -0.25) is 4.79 Å². The minimum Gasteiger partial charge on any atom is -0.352 e.